The Morgan fingerprint density at radius 3 is 2.88 bits per heavy atom. The van der Waals surface area contributed by atoms with Crippen LogP contribution in [0.25, 0.3) is 0 Å². The Kier molecular flexibility index (Phi) is 3.24. The van der Waals surface area contributed by atoms with E-state index >= 15 is 0 Å². The second-order valence-corrected chi connectivity index (χ2v) is 4.23. The molecule has 1 aromatic heterocycles. The lowest BCUT2D eigenvalue weighted by Crippen LogP contribution is -2.30. The lowest BCUT2D eigenvalue weighted by atomic mass is 10.00. The first-order valence-electron chi connectivity index (χ1n) is 5.59. The van der Waals surface area contributed by atoms with Crippen LogP contribution in [0.15, 0.2) is 6.07 Å². The number of hydrogen-bond donors (Lipinski definition) is 1. The van der Waals surface area contributed by atoms with Crippen molar-refractivity contribution in [1.29, 1.82) is 0 Å². The highest BCUT2D eigenvalue weighted by atomic mass is 16.5. The normalized spacial score (nSPS) is 22.0. The zero-order valence-electron chi connectivity index (χ0n) is 9.81. The third-order valence-electron chi connectivity index (χ3n) is 3.11. The average molecular weight is 222 g/mol. The van der Waals surface area contributed by atoms with Crippen LogP contribution in [0.3, 0.4) is 0 Å². The van der Waals surface area contributed by atoms with E-state index in [1.165, 1.54) is 12.8 Å². The SMILES string of the molecule is COc1nnc(C2CCCCN2C)cc1N. The third-order valence-corrected chi connectivity index (χ3v) is 3.11. The number of piperidine rings is 1. The number of rotatable bonds is 2. The van der Waals surface area contributed by atoms with Crippen LogP contribution < -0.4 is 10.5 Å². The molecule has 0 radical (unpaired) electrons. The van der Waals surface area contributed by atoms with Gasteiger partial charge in [0, 0.05) is 0 Å². The number of nitrogens with two attached hydrogens (primary N) is 1. The van der Waals surface area contributed by atoms with Crippen LogP contribution in [0.2, 0.25) is 0 Å². The van der Waals surface area contributed by atoms with Crippen LogP contribution in [0, 0.1) is 0 Å². The molecule has 2 N–H and O–H groups in total. The van der Waals surface area contributed by atoms with Gasteiger partial charge in [-0.15, -0.1) is 5.10 Å². The predicted molar refractivity (Wildman–Crippen MR) is 62.2 cm³/mol. The van der Waals surface area contributed by atoms with E-state index in [-0.39, 0.29) is 0 Å². The van der Waals surface area contributed by atoms with Crippen LogP contribution in [-0.4, -0.2) is 35.8 Å². The number of hydrogen-bond acceptors (Lipinski definition) is 5. The molecule has 5 heteroatoms. The van der Waals surface area contributed by atoms with Crippen molar-refractivity contribution in [2.75, 3.05) is 26.4 Å². The summed E-state index contributed by atoms with van der Waals surface area (Å²) in [7, 11) is 3.67. The van der Waals surface area contributed by atoms with Gasteiger partial charge in [0.1, 0.15) is 0 Å². The highest BCUT2D eigenvalue weighted by molar-refractivity contribution is 5.48. The fourth-order valence-corrected chi connectivity index (χ4v) is 2.18. The maximum atomic E-state index is 5.84. The van der Waals surface area contributed by atoms with Crippen molar-refractivity contribution in [2.24, 2.45) is 0 Å². The van der Waals surface area contributed by atoms with Gasteiger partial charge < -0.3 is 10.5 Å². The largest absolute Gasteiger partial charge is 0.478 e. The molecule has 0 aliphatic carbocycles. The van der Waals surface area contributed by atoms with Gasteiger partial charge >= 0.3 is 0 Å². The first-order valence-corrected chi connectivity index (χ1v) is 5.59. The molecule has 5 nitrogen and oxygen atoms in total. The van der Waals surface area contributed by atoms with Gasteiger partial charge in [-0.2, -0.15) is 5.10 Å². The first-order chi connectivity index (χ1) is 7.72. The minimum Gasteiger partial charge on any atom is -0.478 e. The Balaban J connectivity index is 2.22. The molecule has 0 aromatic carbocycles. The molecular weight excluding hydrogens is 204 g/mol. The zero-order chi connectivity index (χ0) is 11.5. The van der Waals surface area contributed by atoms with E-state index in [0.29, 0.717) is 17.6 Å². The maximum Gasteiger partial charge on any atom is 0.256 e. The quantitative estimate of drug-likeness (QED) is 0.815. The Morgan fingerprint density at radius 2 is 2.25 bits per heavy atom. The molecule has 88 valence electrons. The van der Waals surface area contributed by atoms with Gasteiger partial charge in [-0.05, 0) is 32.5 Å². The molecule has 1 aliphatic rings. The second-order valence-electron chi connectivity index (χ2n) is 4.23. The molecule has 0 amide bonds. The number of ether oxygens (including phenoxy) is 1. The highest BCUT2D eigenvalue weighted by Gasteiger charge is 2.22. The minimum absolute atomic E-state index is 0.342. The Hall–Kier alpha value is -1.36. The molecule has 2 rings (SSSR count). The number of likely N-dealkylation sites (tertiary alicyclic amines) is 1. The summed E-state index contributed by atoms with van der Waals surface area (Å²) in [5.41, 5.74) is 7.34. The Morgan fingerprint density at radius 1 is 1.44 bits per heavy atom. The molecular formula is C11H18N4O. The van der Waals surface area contributed by atoms with Crippen molar-refractivity contribution in [3.63, 3.8) is 0 Å². The van der Waals surface area contributed by atoms with Gasteiger partial charge in [0.15, 0.2) is 0 Å². The molecule has 1 aromatic rings. The van der Waals surface area contributed by atoms with Crippen LogP contribution >= 0.6 is 0 Å². The topological polar surface area (TPSA) is 64.3 Å². The number of methoxy groups -OCH3 is 1. The van der Waals surface area contributed by atoms with E-state index < -0.39 is 0 Å². The van der Waals surface area contributed by atoms with Gasteiger partial charge in [0.2, 0.25) is 0 Å². The minimum atomic E-state index is 0.342. The molecule has 1 unspecified atom stereocenters. The van der Waals surface area contributed by atoms with Crippen molar-refractivity contribution in [2.45, 2.75) is 25.3 Å². The smallest absolute Gasteiger partial charge is 0.256 e. The van der Waals surface area contributed by atoms with Crippen LogP contribution in [0.5, 0.6) is 5.88 Å². The fourth-order valence-electron chi connectivity index (χ4n) is 2.18. The van der Waals surface area contributed by atoms with E-state index in [9.17, 15) is 0 Å². The number of nitrogens with zero attached hydrogens (tertiary/aromatic N) is 3. The highest BCUT2D eigenvalue weighted by Crippen LogP contribution is 2.30. The summed E-state index contributed by atoms with van der Waals surface area (Å²) in [6.07, 6.45) is 3.62. The van der Waals surface area contributed by atoms with E-state index in [2.05, 4.69) is 22.1 Å². The Bertz CT molecular complexity index is 369. The van der Waals surface area contributed by atoms with E-state index in [1.54, 1.807) is 7.11 Å². The van der Waals surface area contributed by atoms with Crippen LogP contribution in [-0.2, 0) is 0 Å². The summed E-state index contributed by atoms with van der Waals surface area (Å²) in [6, 6.07) is 2.22. The van der Waals surface area contributed by atoms with Gasteiger partial charge in [0.05, 0.1) is 24.5 Å². The summed E-state index contributed by atoms with van der Waals surface area (Å²) < 4.78 is 5.00. The van der Waals surface area contributed by atoms with E-state index in [1.807, 2.05) is 6.07 Å². The van der Waals surface area contributed by atoms with E-state index in [0.717, 1.165) is 18.7 Å². The lowest BCUT2D eigenvalue weighted by molar-refractivity contribution is 0.182. The molecule has 0 bridgehead atoms. The molecule has 0 spiro atoms. The summed E-state index contributed by atoms with van der Waals surface area (Å²) >= 11 is 0. The summed E-state index contributed by atoms with van der Waals surface area (Å²) in [4.78, 5) is 2.30. The molecule has 1 aliphatic heterocycles. The van der Waals surface area contributed by atoms with Gasteiger partial charge in [0.25, 0.3) is 5.88 Å². The number of aromatic nitrogens is 2. The zero-order valence-corrected chi connectivity index (χ0v) is 9.81. The van der Waals surface area contributed by atoms with Gasteiger partial charge in [-0.3, -0.25) is 4.90 Å². The molecule has 2 heterocycles. The summed E-state index contributed by atoms with van der Waals surface area (Å²) in [5.74, 6) is 0.405. The molecule has 16 heavy (non-hydrogen) atoms. The summed E-state index contributed by atoms with van der Waals surface area (Å²) in [6.45, 7) is 1.11. The maximum absolute atomic E-state index is 5.84. The molecule has 1 saturated heterocycles. The van der Waals surface area contributed by atoms with Crippen molar-refractivity contribution >= 4 is 5.69 Å². The van der Waals surface area contributed by atoms with Gasteiger partial charge in [-0.25, -0.2) is 0 Å². The number of nitrogen functional groups attached to an aromatic ring is 1. The van der Waals surface area contributed by atoms with Crippen LogP contribution in [0.4, 0.5) is 5.69 Å². The third kappa shape index (κ3) is 2.09. The van der Waals surface area contributed by atoms with Crippen molar-refractivity contribution in [1.82, 2.24) is 15.1 Å². The van der Waals surface area contributed by atoms with Crippen molar-refractivity contribution in [3.05, 3.63) is 11.8 Å². The molecule has 0 saturated carbocycles. The second kappa shape index (κ2) is 4.65. The van der Waals surface area contributed by atoms with E-state index in [4.69, 9.17) is 10.5 Å². The van der Waals surface area contributed by atoms with Crippen LogP contribution in [0.1, 0.15) is 31.0 Å². The molecule has 1 fully saturated rings. The monoisotopic (exact) mass is 222 g/mol. The van der Waals surface area contributed by atoms with Gasteiger partial charge in [-0.1, -0.05) is 6.42 Å². The average Bonchev–Trinajstić information content (AvgIpc) is 2.29. The first kappa shape index (κ1) is 11.1. The fraction of sp³-hybridized carbons (Fsp3) is 0.636. The Labute approximate surface area is 95.6 Å². The predicted octanol–water partition coefficient (Wildman–Crippen LogP) is 1.22. The standard InChI is InChI=1S/C11H18N4O/c1-15-6-4-3-5-10(15)9-7-8(12)11(16-2)14-13-9/h7,10H,3-6H2,1-2H3,(H2,12,13). The van der Waals surface area contributed by atoms with Crippen molar-refractivity contribution in [3.8, 4) is 5.88 Å². The summed E-state index contributed by atoms with van der Waals surface area (Å²) in [5, 5.41) is 8.17. The number of anilines is 1. The molecule has 1 atom stereocenters. The lowest BCUT2D eigenvalue weighted by Gasteiger charge is -2.31. The van der Waals surface area contributed by atoms with Crippen molar-refractivity contribution < 1.29 is 4.74 Å².